The van der Waals surface area contributed by atoms with Crippen LogP contribution in [0.15, 0.2) is 30.3 Å². The lowest BCUT2D eigenvalue weighted by Gasteiger charge is -2.12. The molecule has 0 aliphatic heterocycles. The first-order valence-corrected chi connectivity index (χ1v) is 10.4. The first-order valence-electron chi connectivity index (χ1n) is 8.17. The molecule has 0 radical (unpaired) electrons. The molecule has 2 aromatic carbocycles. The summed E-state index contributed by atoms with van der Waals surface area (Å²) in [6.45, 7) is 3.66. The van der Waals surface area contributed by atoms with Crippen LogP contribution in [0.5, 0.6) is 11.5 Å². The average molecular weight is 444 g/mol. The molecule has 0 saturated heterocycles. The lowest BCUT2D eigenvalue weighted by Crippen LogP contribution is -2.00. The molecule has 0 aromatic heterocycles. The third kappa shape index (κ3) is 5.68. The Morgan fingerprint density at radius 1 is 0.826 bits per heavy atom. The predicted octanol–water partition coefficient (Wildman–Crippen LogP) is 6.26. The maximum absolute atomic E-state index is 5.91. The van der Waals surface area contributed by atoms with Gasteiger partial charge in [-0.2, -0.15) is 0 Å². The SMILES string of the molecule is Cc1c(OCCCCBr)ccc2cc(OCCCCBr)ccc12. The van der Waals surface area contributed by atoms with Gasteiger partial charge in [-0.25, -0.2) is 0 Å². The molecule has 0 spiro atoms. The van der Waals surface area contributed by atoms with Gasteiger partial charge in [-0.3, -0.25) is 0 Å². The van der Waals surface area contributed by atoms with Crippen LogP contribution in [-0.2, 0) is 0 Å². The Hall–Kier alpha value is -0.740. The molecular formula is C19H24Br2O2. The molecule has 2 rings (SSSR count). The van der Waals surface area contributed by atoms with Crippen molar-refractivity contribution in [3.8, 4) is 11.5 Å². The second-order valence-corrected chi connectivity index (χ2v) is 7.15. The van der Waals surface area contributed by atoms with Gasteiger partial charge in [-0.15, -0.1) is 0 Å². The summed E-state index contributed by atoms with van der Waals surface area (Å²) in [5, 5.41) is 4.50. The minimum Gasteiger partial charge on any atom is -0.494 e. The van der Waals surface area contributed by atoms with Crippen LogP contribution in [-0.4, -0.2) is 23.9 Å². The van der Waals surface area contributed by atoms with Crippen molar-refractivity contribution in [1.29, 1.82) is 0 Å². The minimum absolute atomic E-state index is 0.769. The number of hydrogen-bond donors (Lipinski definition) is 0. The number of ether oxygens (including phenoxy) is 2. The molecule has 0 aliphatic rings. The standard InChI is InChI=1S/C19H24Br2O2/c1-15-18-8-7-17(22-12-4-2-10-20)14-16(18)6-9-19(15)23-13-5-3-11-21/h6-9,14H,2-5,10-13H2,1H3. The number of alkyl halides is 2. The Morgan fingerprint density at radius 2 is 1.52 bits per heavy atom. The molecule has 0 amide bonds. The van der Waals surface area contributed by atoms with E-state index >= 15 is 0 Å². The predicted molar refractivity (Wildman–Crippen MR) is 106 cm³/mol. The first kappa shape index (κ1) is 18.6. The van der Waals surface area contributed by atoms with E-state index in [-0.39, 0.29) is 0 Å². The summed E-state index contributed by atoms with van der Waals surface area (Å²) in [7, 11) is 0. The molecule has 126 valence electrons. The maximum Gasteiger partial charge on any atom is 0.122 e. The Labute approximate surface area is 155 Å². The van der Waals surface area contributed by atoms with Crippen LogP contribution in [0.1, 0.15) is 31.2 Å². The number of hydrogen-bond acceptors (Lipinski definition) is 2. The Bertz CT molecular complexity index is 614. The number of fused-ring (bicyclic) bond motifs is 1. The number of unbranched alkanes of at least 4 members (excludes halogenated alkanes) is 2. The highest BCUT2D eigenvalue weighted by Gasteiger charge is 2.06. The number of benzene rings is 2. The van der Waals surface area contributed by atoms with Crippen LogP contribution in [0.2, 0.25) is 0 Å². The van der Waals surface area contributed by atoms with Crippen molar-refractivity contribution in [2.24, 2.45) is 0 Å². The van der Waals surface area contributed by atoms with Crippen LogP contribution in [0.3, 0.4) is 0 Å². The van der Waals surface area contributed by atoms with Gasteiger partial charge in [0.15, 0.2) is 0 Å². The molecule has 2 aromatic rings. The van der Waals surface area contributed by atoms with Gasteiger partial charge in [-0.05, 0) is 67.1 Å². The fourth-order valence-corrected chi connectivity index (χ4v) is 3.25. The summed E-state index contributed by atoms with van der Waals surface area (Å²) in [5.74, 6) is 1.93. The highest BCUT2D eigenvalue weighted by molar-refractivity contribution is 9.09. The van der Waals surface area contributed by atoms with Crippen molar-refractivity contribution >= 4 is 42.6 Å². The Morgan fingerprint density at radius 3 is 2.22 bits per heavy atom. The van der Waals surface area contributed by atoms with Crippen molar-refractivity contribution in [2.75, 3.05) is 23.9 Å². The van der Waals surface area contributed by atoms with Crippen LogP contribution in [0, 0.1) is 6.92 Å². The van der Waals surface area contributed by atoms with Crippen molar-refractivity contribution in [2.45, 2.75) is 32.6 Å². The van der Waals surface area contributed by atoms with Crippen LogP contribution < -0.4 is 9.47 Å². The molecule has 0 aliphatic carbocycles. The minimum atomic E-state index is 0.769. The summed E-state index contributed by atoms with van der Waals surface area (Å²) < 4.78 is 11.7. The van der Waals surface area contributed by atoms with Gasteiger partial charge < -0.3 is 9.47 Å². The van der Waals surface area contributed by atoms with Gasteiger partial charge in [0, 0.05) is 10.7 Å². The summed E-state index contributed by atoms with van der Waals surface area (Å²) >= 11 is 6.89. The van der Waals surface area contributed by atoms with Crippen molar-refractivity contribution < 1.29 is 9.47 Å². The second-order valence-electron chi connectivity index (χ2n) is 5.56. The third-order valence-corrected chi connectivity index (χ3v) is 4.91. The molecule has 2 nitrogen and oxygen atoms in total. The molecule has 4 heteroatoms. The van der Waals surface area contributed by atoms with Crippen LogP contribution in [0.25, 0.3) is 10.8 Å². The largest absolute Gasteiger partial charge is 0.494 e. The van der Waals surface area contributed by atoms with Gasteiger partial charge in [0.2, 0.25) is 0 Å². The van der Waals surface area contributed by atoms with Gasteiger partial charge in [0.05, 0.1) is 13.2 Å². The van der Waals surface area contributed by atoms with Gasteiger partial charge in [0.25, 0.3) is 0 Å². The lowest BCUT2D eigenvalue weighted by atomic mass is 10.0. The van der Waals surface area contributed by atoms with Crippen molar-refractivity contribution in [3.05, 3.63) is 35.9 Å². The molecule has 23 heavy (non-hydrogen) atoms. The Kier molecular flexibility index (Phi) is 8.24. The van der Waals surface area contributed by atoms with Crippen LogP contribution >= 0.6 is 31.9 Å². The van der Waals surface area contributed by atoms with E-state index in [4.69, 9.17) is 9.47 Å². The number of aryl methyl sites for hydroxylation is 1. The van der Waals surface area contributed by atoms with E-state index in [0.717, 1.165) is 61.1 Å². The zero-order chi connectivity index (χ0) is 16.5. The fraction of sp³-hybridized carbons (Fsp3) is 0.474. The topological polar surface area (TPSA) is 18.5 Å². The van der Waals surface area contributed by atoms with E-state index in [0.29, 0.717) is 0 Å². The number of rotatable bonds is 10. The summed E-state index contributed by atoms with van der Waals surface area (Å²) in [5.41, 5.74) is 1.20. The summed E-state index contributed by atoms with van der Waals surface area (Å²) in [6.07, 6.45) is 4.43. The van der Waals surface area contributed by atoms with Crippen LogP contribution in [0.4, 0.5) is 0 Å². The quantitative estimate of drug-likeness (QED) is 0.318. The van der Waals surface area contributed by atoms with E-state index < -0.39 is 0 Å². The third-order valence-electron chi connectivity index (χ3n) is 3.79. The lowest BCUT2D eigenvalue weighted by molar-refractivity contribution is 0.308. The second kappa shape index (κ2) is 10.2. The van der Waals surface area contributed by atoms with E-state index in [9.17, 15) is 0 Å². The van der Waals surface area contributed by atoms with Crippen molar-refractivity contribution in [1.82, 2.24) is 0 Å². The van der Waals surface area contributed by atoms with E-state index in [1.165, 1.54) is 16.3 Å². The zero-order valence-corrected chi connectivity index (χ0v) is 16.8. The number of halogens is 2. The van der Waals surface area contributed by atoms with Gasteiger partial charge in [-0.1, -0.05) is 44.0 Å². The average Bonchev–Trinajstić information content (AvgIpc) is 2.57. The first-order chi connectivity index (χ1) is 11.3. The Balaban J connectivity index is 2.03. The maximum atomic E-state index is 5.91. The fourth-order valence-electron chi connectivity index (χ4n) is 2.45. The molecule has 0 fully saturated rings. The van der Waals surface area contributed by atoms with Crippen molar-refractivity contribution in [3.63, 3.8) is 0 Å². The monoisotopic (exact) mass is 442 g/mol. The smallest absolute Gasteiger partial charge is 0.122 e. The molecule has 0 heterocycles. The molecule has 0 bridgehead atoms. The summed E-state index contributed by atoms with van der Waals surface area (Å²) in [6, 6.07) is 10.5. The van der Waals surface area contributed by atoms with Gasteiger partial charge in [0.1, 0.15) is 11.5 Å². The van der Waals surface area contributed by atoms with E-state index in [2.05, 4.69) is 69.1 Å². The zero-order valence-electron chi connectivity index (χ0n) is 13.6. The molecular weight excluding hydrogens is 420 g/mol. The normalized spacial score (nSPS) is 10.9. The molecule has 0 atom stereocenters. The molecule has 0 unspecified atom stereocenters. The summed E-state index contributed by atoms with van der Waals surface area (Å²) in [4.78, 5) is 0. The highest BCUT2D eigenvalue weighted by atomic mass is 79.9. The molecule has 0 saturated carbocycles. The van der Waals surface area contributed by atoms with E-state index in [1.807, 2.05) is 0 Å². The highest BCUT2D eigenvalue weighted by Crippen LogP contribution is 2.30. The molecule has 0 N–H and O–H groups in total. The van der Waals surface area contributed by atoms with Gasteiger partial charge >= 0.3 is 0 Å². The van der Waals surface area contributed by atoms with E-state index in [1.54, 1.807) is 0 Å².